The highest BCUT2D eigenvalue weighted by Gasteiger charge is 2.31. The lowest BCUT2D eigenvalue weighted by atomic mass is 9.90. The zero-order valence-corrected chi connectivity index (χ0v) is 12.7. The maximum absolute atomic E-state index is 12.9. The Morgan fingerprint density at radius 3 is 2.36 bits per heavy atom. The van der Waals surface area contributed by atoms with Crippen molar-refractivity contribution < 1.29 is 37.3 Å². The predicted molar refractivity (Wildman–Crippen MR) is 76.7 cm³/mol. The molecule has 0 aliphatic rings. The second-order valence-corrected chi connectivity index (χ2v) is 5.32. The van der Waals surface area contributed by atoms with Gasteiger partial charge in [0.15, 0.2) is 0 Å². The van der Waals surface area contributed by atoms with Crippen LogP contribution in [-0.4, -0.2) is 17.4 Å². The fraction of sp³-hybridized carbons (Fsp3) is 0.235. The molecule has 0 aliphatic heterocycles. The summed E-state index contributed by atoms with van der Waals surface area (Å²) in [7, 11) is 0. The van der Waals surface area contributed by atoms with Gasteiger partial charge in [0.25, 0.3) is 0 Å². The lowest BCUT2D eigenvalue weighted by Gasteiger charge is -2.24. The molecule has 0 fully saturated rings. The molecule has 0 aromatic heterocycles. The molecular formula is C17H13F4O4-. The summed E-state index contributed by atoms with van der Waals surface area (Å²) < 4.78 is 53.4. The monoisotopic (exact) mass is 357 g/mol. The first-order chi connectivity index (χ1) is 11.7. The summed E-state index contributed by atoms with van der Waals surface area (Å²) in [5.74, 6) is -4.08. The minimum atomic E-state index is -4.87. The van der Waals surface area contributed by atoms with Crippen LogP contribution >= 0.6 is 0 Å². The van der Waals surface area contributed by atoms with E-state index < -0.39 is 35.9 Å². The number of carbonyl (C=O) groups excluding carboxylic acids is 1. The number of aliphatic carboxylic acids is 1. The van der Waals surface area contributed by atoms with E-state index in [0.29, 0.717) is 0 Å². The fourth-order valence-corrected chi connectivity index (χ4v) is 2.34. The second-order valence-electron chi connectivity index (χ2n) is 5.32. The van der Waals surface area contributed by atoms with Crippen LogP contribution in [0, 0.1) is 11.7 Å². The van der Waals surface area contributed by atoms with Gasteiger partial charge in [0.1, 0.15) is 11.6 Å². The van der Waals surface area contributed by atoms with Crippen molar-refractivity contribution in [2.45, 2.75) is 18.9 Å². The number of halogens is 4. The molecule has 0 spiro atoms. The number of aliphatic hydroxyl groups is 1. The van der Waals surface area contributed by atoms with Gasteiger partial charge in [-0.25, -0.2) is 4.39 Å². The maximum Gasteiger partial charge on any atom is 0.573 e. The van der Waals surface area contributed by atoms with Crippen molar-refractivity contribution in [2.75, 3.05) is 0 Å². The maximum atomic E-state index is 12.9. The van der Waals surface area contributed by atoms with Gasteiger partial charge in [0, 0.05) is 11.9 Å². The molecule has 1 N–H and O–H groups in total. The van der Waals surface area contributed by atoms with Crippen LogP contribution in [0.15, 0.2) is 48.5 Å². The van der Waals surface area contributed by atoms with Crippen LogP contribution in [0.4, 0.5) is 17.6 Å². The number of carboxylic acid groups (broad SMARTS) is 1. The predicted octanol–water partition coefficient (Wildman–Crippen LogP) is 2.37. The van der Waals surface area contributed by atoms with Crippen molar-refractivity contribution in [1.82, 2.24) is 0 Å². The average Bonchev–Trinajstić information content (AvgIpc) is 2.51. The molecule has 0 saturated heterocycles. The molecule has 0 amide bonds. The standard InChI is InChI=1S/C17H14F4O4/c18-12-6-4-11(5-7-12)15(22)14(16(23)24)9-10-2-1-3-13(8-10)25-17(19,20)21/h1-8,14-15,22H,9H2,(H,23,24)/p-1. The number of benzene rings is 2. The Morgan fingerprint density at radius 1 is 1.16 bits per heavy atom. The van der Waals surface area contributed by atoms with Gasteiger partial charge in [-0.05, 0) is 41.8 Å². The number of hydrogen-bond acceptors (Lipinski definition) is 4. The van der Waals surface area contributed by atoms with Gasteiger partial charge in [-0.1, -0.05) is 24.3 Å². The minimum Gasteiger partial charge on any atom is -0.550 e. The Kier molecular flexibility index (Phi) is 5.63. The summed E-state index contributed by atoms with van der Waals surface area (Å²) in [6, 6.07) is 9.33. The topological polar surface area (TPSA) is 69.6 Å². The van der Waals surface area contributed by atoms with E-state index in [1.807, 2.05) is 0 Å². The largest absolute Gasteiger partial charge is 0.573 e. The SMILES string of the molecule is O=C([O-])C(Cc1cccc(OC(F)(F)F)c1)C(O)c1ccc(F)cc1. The Labute approximate surface area is 140 Å². The van der Waals surface area contributed by atoms with E-state index in [1.165, 1.54) is 24.3 Å². The van der Waals surface area contributed by atoms with Gasteiger partial charge in [-0.2, -0.15) is 0 Å². The number of ether oxygens (including phenoxy) is 1. The highest BCUT2D eigenvalue weighted by Crippen LogP contribution is 2.28. The van der Waals surface area contributed by atoms with Crippen molar-refractivity contribution in [1.29, 1.82) is 0 Å². The number of rotatable bonds is 6. The zero-order valence-electron chi connectivity index (χ0n) is 12.7. The van der Waals surface area contributed by atoms with Crippen LogP contribution < -0.4 is 9.84 Å². The van der Waals surface area contributed by atoms with Crippen LogP contribution in [0.1, 0.15) is 17.2 Å². The normalized spacial score (nSPS) is 14.0. The molecule has 2 rings (SSSR count). The van der Waals surface area contributed by atoms with Crippen LogP contribution in [0.5, 0.6) is 5.75 Å². The minimum absolute atomic E-state index is 0.151. The molecule has 8 heteroatoms. The van der Waals surface area contributed by atoms with E-state index in [9.17, 15) is 32.6 Å². The van der Waals surface area contributed by atoms with Gasteiger partial charge >= 0.3 is 6.36 Å². The molecule has 0 saturated carbocycles. The first-order valence-corrected chi connectivity index (χ1v) is 7.15. The summed E-state index contributed by atoms with van der Waals surface area (Å²) in [6.45, 7) is 0. The third kappa shape index (κ3) is 5.46. The lowest BCUT2D eigenvalue weighted by molar-refractivity contribution is -0.314. The Balaban J connectivity index is 2.20. The highest BCUT2D eigenvalue weighted by atomic mass is 19.4. The molecule has 2 aromatic rings. The summed E-state index contributed by atoms with van der Waals surface area (Å²) in [6.07, 6.45) is -6.69. The summed E-state index contributed by atoms with van der Waals surface area (Å²) >= 11 is 0. The van der Waals surface area contributed by atoms with Crippen LogP contribution in [0.25, 0.3) is 0 Å². The molecule has 2 atom stereocenters. The van der Waals surface area contributed by atoms with Crippen LogP contribution in [0.2, 0.25) is 0 Å². The Morgan fingerprint density at radius 2 is 1.80 bits per heavy atom. The van der Waals surface area contributed by atoms with Gasteiger partial charge in [-0.3, -0.25) is 0 Å². The quantitative estimate of drug-likeness (QED) is 0.806. The van der Waals surface area contributed by atoms with Crippen molar-refractivity contribution >= 4 is 5.97 Å². The average molecular weight is 357 g/mol. The molecule has 0 aliphatic carbocycles. The van der Waals surface area contributed by atoms with Gasteiger partial charge < -0.3 is 19.7 Å². The lowest BCUT2D eigenvalue weighted by Crippen LogP contribution is -2.36. The van der Waals surface area contributed by atoms with E-state index in [0.717, 1.165) is 24.3 Å². The molecule has 2 unspecified atom stereocenters. The third-order valence-corrected chi connectivity index (χ3v) is 3.48. The van der Waals surface area contributed by atoms with Gasteiger partial charge in [0.05, 0.1) is 6.10 Å². The van der Waals surface area contributed by atoms with Crippen molar-refractivity contribution in [2.24, 2.45) is 5.92 Å². The number of carbonyl (C=O) groups is 1. The molecule has 0 heterocycles. The molecular weight excluding hydrogens is 344 g/mol. The Hall–Kier alpha value is -2.61. The van der Waals surface area contributed by atoms with Crippen LogP contribution in [0.3, 0.4) is 0 Å². The smallest absolute Gasteiger partial charge is 0.550 e. The summed E-state index contributed by atoms with van der Waals surface area (Å²) in [5, 5.41) is 21.5. The van der Waals surface area contributed by atoms with Gasteiger partial charge in [-0.15, -0.1) is 13.2 Å². The summed E-state index contributed by atoms with van der Waals surface area (Å²) in [5.41, 5.74) is 0.357. The number of carboxylic acids is 1. The molecule has 134 valence electrons. The Bertz CT molecular complexity index is 728. The van der Waals surface area contributed by atoms with Crippen molar-refractivity contribution in [3.8, 4) is 5.75 Å². The van der Waals surface area contributed by atoms with E-state index in [-0.39, 0.29) is 17.5 Å². The van der Waals surface area contributed by atoms with Crippen molar-refractivity contribution in [3.63, 3.8) is 0 Å². The highest BCUT2D eigenvalue weighted by molar-refractivity contribution is 5.69. The third-order valence-electron chi connectivity index (χ3n) is 3.48. The number of aliphatic hydroxyl groups excluding tert-OH is 1. The second kappa shape index (κ2) is 7.52. The molecule has 25 heavy (non-hydrogen) atoms. The fourth-order valence-electron chi connectivity index (χ4n) is 2.34. The van der Waals surface area contributed by atoms with Crippen molar-refractivity contribution in [3.05, 3.63) is 65.5 Å². The molecule has 2 aromatic carbocycles. The van der Waals surface area contributed by atoms with E-state index in [1.54, 1.807) is 0 Å². The van der Waals surface area contributed by atoms with E-state index >= 15 is 0 Å². The van der Waals surface area contributed by atoms with Crippen LogP contribution in [-0.2, 0) is 11.2 Å². The number of hydrogen-bond donors (Lipinski definition) is 1. The van der Waals surface area contributed by atoms with Gasteiger partial charge in [0.2, 0.25) is 0 Å². The first-order valence-electron chi connectivity index (χ1n) is 7.15. The summed E-state index contributed by atoms with van der Waals surface area (Å²) in [4.78, 5) is 11.3. The molecule has 0 radical (unpaired) electrons. The van der Waals surface area contributed by atoms with E-state index in [2.05, 4.69) is 4.74 Å². The molecule has 4 nitrogen and oxygen atoms in total. The molecule has 0 bridgehead atoms. The first kappa shape index (κ1) is 18.7. The van der Waals surface area contributed by atoms with E-state index in [4.69, 9.17) is 0 Å². The zero-order chi connectivity index (χ0) is 18.6. The number of alkyl halides is 3.